The Hall–Kier alpha value is -1.26. The Labute approximate surface area is 314 Å². The first-order valence-corrected chi connectivity index (χ1v) is 19.1. The molecule has 4 heterocycles. The van der Waals surface area contributed by atoms with E-state index in [1.807, 2.05) is 46.6 Å². The zero-order valence-corrected chi connectivity index (χ0v) is 35.3. The summed E-state index contributed by atoms with van der Waals surface area (Å²) in [5.41, 5.74) is 0.650. The maximum absolute atomic E-state index is 11.7. The second kappa shape index (κ2) is 24.1. The lowest BCUT2D eigenvalue weighted by molar-refractivity contribution is -0.140. The van der Waals surface area contributed by atoms with Gasteiger partial charge in [0.15, 0.2) is 0 Å². The van der Waals surface area contributed by atoms with Crippen molar-refractivity contribution in [2.45, 2.75) is 148 Å². The van der Waals surface area contributed by atoms with Crippen molar-refractivity contribution < 1.29 is 9.59 Å². The molecule has 0 aromatic carbocycles. The van der Waals surface area contributed by atoms with Crippen LogP contribution >= 0.6 is 0 Å². The van der Waals surface area contributed by atoms with Crippen LogP contribution in [0.1, 0.15) is 131 Å². The number of carbonyl (C=O) groups is 2. The number of amides is 2. The molecule has 0 bridgehead atoms. The van der Waals surface area contributed by atoms with Crippen LogP contribution in [0.5, 0.6) is 0 Å². The Bertz CT molecular complexity index is 845. The molecule has 0 atom stereocenters. The molecule has 0 aromatic heterocycles. The van der Waals surface area contributed by atoms with Crippen LogP contribution < -0.4 is 0 Å². The van der Waals surface area contributed by atoms with Crippen molar-refractivity contribution in [2.75, 3.05) is 106 Å². The topological polar surface area (TPSA) is 56.8 Å². The first-order valence-electron chi connectivity index (χ1n) is 19.1. The number of piperazine rings is 3. The van der Waals surface area contributed by atoms with E-state index in [1.165, 1.54) is 71.6 Å². The molecule has 4 aliphatic rings. The summed E-state index contributed by atoms with van der Waals surface area (Å²) in [6.07, 6.45) is 3.65. The predicted molar refractivity (Wildman–Crippen MR) is 221 cm³/mol. The molecule has 9 nitrogen and oxygen atoms in total. The first kappa shape index (κ1) is 53.1. The summed E-state index contributed by atoms with van der Waals surface area (Å²) in [7, 11) is 6.25. The molecule has 4 rings (SSSR count). The molecular weight excluding hydrogens is 622 g/mol. The minimum atomic E-state index is -0.197. The molecule has 4 aliphatic heterocycles. The number of piperidine rings is 1. The lowest BCUT2D eigenvalue weighted by atomic mass is 9.93. The van der Waals surface area contributed by atoms with E-state index in [1.54, 1.807) is 4.90 Å². The van der Waals surface area contributed by atoms with Crippen LogP contribution in [0, 0.1) is 5.41 Å². The van der Waals surface area contributed by atoms with Gasteiger partial charge in [-0.2, -0.15) is 0 Å². The lowest BCUT2D eigenvalue weighted by Gasteiger charge is -2.41. The van der Waals surface area contributed by atoms with Gasteiger partial charge in [-0.3, -0.25) is 24.3 Å². The summed E-state index contributed by atoms with van der Waals surface area (Å²) < 4.78 is 0. The van der Waals surface area contributed by atoms with E-state index in [2.05, 4.69) is 101 Å². The first-order chi connectivity index (χ1) is 21.9. The van der Waals surface area contributed by atoms with Gasteiger partial charge in [0, 0.05) is 108 Å². The summed E-state index contributed by atoms with van der Waals surface area (Å²) in [6.45, 7) is 44.3. The molecule has 0 unspecified atom stereocenters. The summed E-state index contributed by atoms with van der Waals surface area (Å²) in [4.78, 5) is 39.0. The van der Waals surface area contributed by atoms with E-state index in [0.717, 1.165) is 26.2 Å². The Kier molecular flexibility index (Phi) is 25.6. The van der Waals surface area contributed by atoms with Gasteiger partial charge in [-0.1, -0.05) is 49.5 Å². The standard InChI is InChI=1S/C10H19NO.C9H18N2O.2C9H20N2.C2H6.2CH4/c1-10(2,3)9(12)11-7-5-4-6-8-11;1-9(2,3)11-6-5-10(4)8(12)7-11;2*1-9(2,3)11-7-5-10(4)6-8-11;1-2;;/h4-8H2,1-3H3;5-7H2,1-4H3;2*5-8H2,1-4H3;1-2H3;2*1H4. The fourth-order valence-corrected chi connectivity index (χ4v) is 5.86. The Balaban J connectivity index is -0.000000572. The second-order valence-corrected chi connectivity index (χ2v) is 17.9. The smallest absolute Gasteiger partial charge is 0.236 e. The fourth-order valence-electron chi connectivity index (χ4n) is 5.86. The zero-order chi connectivity index (χ0) is 37.5. The van der Waals surface area contributed by atoms with Crippen LogP contribution in [0.25, 0.3) is 0 Å². The minimum Gasteiger partial charge on any atom is -0.343 e. The number of likely N-dealkylation sites (N-methyl/N-ethyl adjacent to an activating group) is 3. The van der Waals surface area contributed by atoms with Crippen molar-refractivity contribution in [3.05, 3.63) is 0 Å². The molecule has 0 N–H and O–H groups in total. The molecule has 0 aliphatic carbocycles. The SMILES string of the molecule is C.C.CC.CC(C)(C)C(=O)N1CCCCC1.CN1CCN(C(C)(C)C)CC1.CN1CCN(C(C)(C)C)CC1.CN1CCN(C(C)(C)C)CC1=O. The van der Waals surface area contributed by atoms with Crippen molar-refractivity contribution in [1.29, 1.82) is 0 Å². The highest BCUT2D eigenvalue weighted by atomic mass is 16.2. The number of rotatable bonds is 0. The molecule has 0 aromatic rings. The zero-order valence-electron chi connectivity index (χ0n) is 35.3. The van der Waals surface area contributed by atoms with Gasteiger partial charge in [-0.25, -0.2) is 0 Å². The molecule has 4 fully saturated rings. The van der Waals surface area contributed by atoms with Gasteiger partial charge in [0.25, 0.3) is 0 Å². The number of hydrogen-bond donors (Lipinski definition) is 0. The van der Waals surface area contributed by atoms with E-state index < -0.39 is 0 Å². The van der Waals surface area contributed by atoms with Crippen LogP contribution in [0.15, 0.2) is 0 Å². The number of likely N-dealkylation sites (tertiary alicyclic amines) is 1. The van der Waals surface area contributed by atoms with Gasteiger partial charge in [0.05, 0.1) is 6.54 Å². The van der Waals surface area contributed by atoms with Crippen molar-refractivity contribution in [1.82, 2.24) is 34.3 Å². The fraction of sp³-hybridized carbons (Fsp3) is 0.951. The molecule has 2 amide bonds. The lowest BCUT2D eigenvalue weighted by Crippen LogP contribution is -2.55. The summed E-state index contributed by atoms with van der Waals surface area (Å²) >= 11 is 0. The van der Waals surface area contributed by atoms with Gasteiger partial charge in [-0.05, 0) is 95.7 Å². The normalized spacial score (nSPS) is 20.5. The number of nitrogens with zero attached hydrogens (tertiary/aromatic N) is 7. The van der Waals surface area contributed by atoms with Crippen LogP contribution in [0.3, 0.4) is 0 Å². The van der Waals surface area contributed by atoms with E-state index in [-0.39, 0.29) is 31.7 Å². The molecule has 302 valence electrons. The quantitative estimate of drug-likeness (QED) is 0.269. The van der Waals surface area contributed by atoms with Crippen molar-refractivity contribution in [2.24, 2.45) is 5.41 Å². The third-order valence-corrected chi connectivity index (χ3v) is 9.59. The van der Waals surface area contributed by atoms with Crippen molar-refractivity contribution in [3.8, 4) is 0 Å². The van der Waals surface area contributed by atoms with Crippen LogP contribution in [0.4, 0.5) is 0 Å². The highest BCUT2D eigenvalue weighted by Gasteiger charge is 2.29. The highest BCUT2D eigenvalue weighted by Crippen LogP contribution is 2.21. The largest absolute Gasteiger partial charge is 0.343 e. The van der Waals surface area contributed by atoms with E-state index >= 15 is 0 Å². The van der Waals surface area contributed by atoms with Crippen molar-refractivity contribution in [3.63, 3.8) is 0 Å². The molecule has 9 heteroatoms. The molecule has 0 saturated carbocycles. The van der Waals surface area contributed by atoms with Gasteiger partial charge < -0.3 is 19.6 Å². The van der Waals surface area contributed by atoms with Crippen LogP contribution in [-0.4, -0.2) is 169 Å². The van der Waals surface area contributed by atoms with E-state index in [4.69, 9.17) is 0 Å². The molecule has 0 radical (unpaired) electrons. The molecule has 4 saturated heterocycles. The third-order valence-electron chi connectivity index (χ3n) is 9.59. The van der Waals surface area contributed by atoms with Gasteiger partial charge in [0.1, 0.15) is 0 Å². The van der Waals surface area contributed by atoms with Crippen LogP contribution in [0.2, 0.25) is 0 Å². The third kappa shape index (κ3) is 21.3. The average molecular weight is 714 g/mol. The van der Waals surface area contributed by atoms with Crippen molar-refractivity contribution >= 4 is 11.8 Å². The van der Waals surface area contributed by atoms with Gasteiger partial charge in [-0.15, -0.1) is 0 Å². The monoisotopic (exact) mass is 714 g/mol. The minimum absolute atomic E-state index is 0. The average Bonchev–Trinajstić information content (AvgIpc) is 2.99. The van der Waals surface area contributed by atoms with Crippen LogP contribution in [-0.2, 0) is 9.59 Å². The molecule has 50 heavy (non-hydrogen) atoms. The Morgan fingerprint density at radius 2 is 0.800 bits per heavy atom. The van der Waals surface area contributed by atoms with E-state index in [9.17, 15) is 9.59 Å². The summed E-state index contributed by atoms with van der Waals surface area (Å²) in [5, 5.41) is 0. The number of carbonyl (C=O) groups excluding carboxylic acids is 2. The maximum atomic E-state index is 11.7. The number of hydrogen-bond acceptors (Lipinski definition) is 7. The van der Waals surface area contributed by atoms with E-state index in [0.29, 0.717) is 23.5 Å². The Morgan fingerprint density at radius 3 is 1.08 bits per heavy atom. The summed E-state index contributed by atoms with van der Waals surface area (Å²) in [5.74, 6) is 0.540. The molecule has 0 spiro atoms. The van der Waals surface area contributed by atoms with Gasteiger partial charge >= 0.3 is 0 Å². The maximum Gasteiger partial charge on any atom is 0.236 e. The molecular formula is C41H91N7O2. The van der Waals surface area contributed by atoms with Gasteiger partial charge in [0.2, 0.25) is 11.8 Å². The summed E-state index contributed by atoms with van der Waals surface area (Å²) in [6, 6.07) is 0. The Morgan fingerprint density at radius 1 is 0.480 bits per heavy atom. The predicted octanol–water partition coefficient (Wildman–Crippen LogP) is 6.97. The highest BCUT2D eigenvalue weighted by molar-refractivity contribution is 5.81. The second-order valence-electron chi connectivity index (χ2n) is 17.9.